The molecule has 1 unspecified atom stereocenters. The summed E-state index contributed by atoms with van der Waals surface area (Å²) in [5, 5.41) is 2.86. The number of carbonyl (C=O) groups excluding carboxylic acids is 3. The highest BCUT2D eigenvalue weighted by Crippen LogP contribution is 2.31. The van der Waals surface area contributed by atoms with Crippen molar-refractivity contribution in [2.24, 2.45) is 0 Å². The molecule has 1 atom stereocenters. The molecule has 3 amide bonds. The number of carbonyl (C=O) groups is 3. The van der Waals surface area contributed by atoms with E-state index in [-0.39, 0.29) is 30.4 Å². The van der Waals surface area contributed by atoms with E-state index in [1.165, 1.54) is 4.90 Å². The number of nitrogens with zero attached hydrogens (tertiary/aromatic N) is 1. The number of halogens is 1. The lowest BCUT2D eigenvalue weighted by Crippen LogP contribution is -2.36. The van der Waals surface area contributed by atoms with Crippen LogP contribution in [-0.4, -0.2) is 41.9 Å². The quantitative estimate of drug-likeness (QED) is 0.330. The lowest BCUT2D eigenvalue weighted by molar-refractivity contribution is 0.0475. The highest BCUT2D eigenvalue weighted by Gasteiger charge is 2.37. The predicted octanol–water partition coefficient (Wildman–Crippen LogP) is 5.11. The van der Waals surface area contributed by atoms with Gasteiger partial charge in [0.25, 0.3) is 17.7 Å². The van der Waals surface area contributed by atoms with Crippen LogP contribution in [0.25, 0.3) is 0 Å². The highest BCUT2D eigenvalue weighted by atomic mass is 127. The van der Waals surface area contributed by atoms with Crippen molar-refractivity contribution >= 4 is 46.0 Å². The number of ether oxygens (including phenoxy) is 2. The van der Waals surface area contributed by atoms with Crippen molar-refractivity contribution in [2.45, 2.75) is 18.9 Å². The zero-order valence-corrected chi connectivity index (χ0v) is 20.3. The lowest BCUT2D eigenvalue weighted by atomic mass is 10.1. The number of nitrogens with one attached hydrogen (secondary N) is 1. The summed E-state index contributed by atoms with van der Waals surface area (Å²) in [5.74, 6) is 0.0664. The fourth-order valence-corrected chi connectivity index (χ4v) is 4.43. The summed E-state index contributed by atoms with van der Waals surface area (Å²) in [4.78, 5) is 39.4. The van der Waals surface area contributed by atoms with Crippen molar-refractivity contribution in [1.82, 2.24) is 4.90 Å². The predicted molar refractivity (Wildman–Crippen MR) is 134 cm³/mol. The monoisotopic (exact) mass is 568 g/mol. The molecule has 0 radical (unpaired) electrons. The Hall–Kier alpha value is -3.24. The summed E-state index contributed by atoms with van der Waals surface area (Å²) in [7, 11) is 0. The van der Waals surface area contributed by atoms with Crippen LogP contribution in [0.15, 0.2) is 66.7 Å². The number of hydrogen-bond donors (Lipinski definition) is 1. The molecule has 34 heavy (non-hydrogen) atoms. The minimum absolute atomic E-state index is 0.101. The summed E-state index contributed by atoms with van der Waals surface area (Å²) in [5.41, 5.74) is 1.83. The van der Waals surface area contributed by atoms with Gasteiger partial charge in [0.2, 0.25) is 0 Å². The average Bonchev–Trinajstić information content (AvgIpc) is 3.43. The first-order valence-corrected chi connectivity index (χ1v) is 12.0. The number of amides is 3. The molecule has 0 aliphatic carbocycles. The molecule has 1 N–H and O–H groups in total. The average molecular weight is 568 g/mol. The standard InChI is InChI=1S/C26H21IN2O5/c27-17-8-6-16(7-9-17)24(30)28-18-3-1-4-19(13-18)34-20-10-11-22-23(14-20)26(32)29(25(22)31)15-21-5-2-12-33-21/h1,3-4,6-11,13-14,21H,2,5,12,15H2,(H,28,30). The third-order valence-electron chi connectivity index (χ3n) is 5.79. The number of anilines is 1. The van der Waals surface area contributed by atoms with Crippen molar-refractivity contribution in [2.75, 3.05) is 18.5 Å². The van der Waals surface area contributed by atoms with Gasteiger partial charge in [-0.15, -0.1) is 0 Å². The van der Waals surface area contributed by atoms with Gasteiger partial charge in [-0.3, -0.25) is 19.3 Å². The normalized spacial score (nSPS) is 17.1. The van der Waals surface area contributed by atoms with Gasteiger partial charge in [0, 0.05) is 27.5 Å². The summed E-state index contributed by atoms with van der Waals surface area (Å²) in [6, 6.07) is 19.1. The Kier molecular flexibility index (Phi) is 6.34. The van der Waals surface area contributed by atoms with E-state index >= 15 is 0 Å². The molecular formula is C26H21IN2O5. The molecule has 2 aliphatic heterocycles. The third-order valence-corrected chi connectivity index (χ3v) is 6.51. The van der Waals surface area contributed by atoms with Gasteiger partial charge < -0.3 is 14.8 Å². The fraction of sp³-hybridized carbons (Fsp3) is 0.192. The maximum Gasteiger partial charge on any atom is 0.261 e. The second-order valence-corrected chi connectivity index (χ2v) is 9.40. The molecule has 3 aromatic rings. The van der Waals surface area contributed by atoms with Gasteiger partial charge in [-0.25, -0.2) is 0 Å². The van der Waals surface area contributed by atoms with E-state index in [2.05, 4.69) is 27.9 Å². The Morgan fingerprint density at radius 1 is 1.00 bits per heavy atom. The van der Waals surface area contributed by atoms with E-state index < -0.39 is 0 Å². The smallest absolute Gasteiger partial charge is 0.261 e. The molecular weight excluding hydrogens is 547 g/mol. The van der Waals surface area contributed by atoms with Gasteiger partial charge in [-0.05, 0) is 90.0 Å². The third kappa shape index (κ3) is 4.69. The molecule has 2 aliphatic rings. The van der Waals surface area contributed by atoms with Crippen molar-refractivity contribution < 1.29 is 23.9 Å². The molecule has 2 heterocycles. The highest BCUT2D eigenvalue weighted by molar-refractivity contribution is 14.1. The van der Waals surface area contributed by atoms with Crippen LogP contribution in [0, 0.1) is 3.57 Å². The largest absolute Gasteiger partial charge is 0.457 e. The van der Waals surface area contributed by atoms with Crippen LogP contribution in [0.2, 0.25) is 0 Å². The summed E-state index contributed by atoms with van der Waals surface area (Å²) in [6.07, 6.45) is 1.68. The van der Waals surface area contributed by atoms with Crippen LogP contribution in [0.3, 0.4) is 0 Å². The summed E-state index contributed by atoms with van der Waals surface area (Å²) >= 11 is 2.19. The Morgan fingerprint density at radius 2 is 1.76 bits per heavy atom. The molecule has 7 nitrogen and oxygen atoms in total. The number of imide groups is 1. The number of rotatable bonds is 6. The molecule has 172 valence electrons. The zero-order valence-electron chi connectivity index (χ0n) is 18.1. The molecule has 1 saturated heterocycles. The number of benzene rings is 3. The van der Waals surface area contributed by atoms with Crippen molar-refractivity contribution in [3.05, 3.63) is 87.0 Å². The SMILES string of the molecule is O=C(Nc1cccc(Oc2ccc3c(c2)C(=O)N(CC2CCCO2)C3=O)c1)c1ccc(I)cc1. The maximum absolute atomic E-state index is 12.9. The Bertz CT molecular complexity index is 1270. The van der Waals surface area contributed by atoms with Crippen LogP contribution in [0.5, 0.6) is 11.5 Å². The lowest BCUT2D eigenvalue weighted by Gasteiger charge is -2.17. The fourth-order valence-electron chi connectivity index (χ4n) is 4.07. The van der Waals surface area contributed by atoms with Gasteiger partial charge in [0.1, 0.15) is 11.5 Å². The van der Waals surface area contributed by atoms with Crippen LogP contribution in [-0.2, 0) is 4.74 Å². The number of hydrogen-bond acceptors (Lipinski definition) is 5. The van der Waals surface area contributed by atoms with E-state index in [0.717, 1.165) is 16.4 Å². The molecule has 0 bridgehead atoms. The molecule has 3 aromatic carbocycles. The molecule has 0 saturated carbocycles. The Labute approximate surface area is 210 Å². The van der Waals surface area contributed by atoms with Crippen molar-refractivity contribution in [3.63, 3.8) is 0 Å². The first-order valence-electron chi connectivity index (χ1n) is 10.9. The van der Waals surface area contributed by atoms with E-state index in [0.29, 0.717) is 40.5 Å². The Morgan fingerprint density at radius 3 is 2.53 bits per heavy atom. The van der Waals surface area contributed by atoms with Crippen molar-refractivity contribution in [1.29, 1.82) is 0 Å². The first-order chi connectivity index (χ1) is 16.5. The van der Waals surface area contributed by atoms with Gasteiger partial charge >= 0.3 is 0 Å². The second kappa shape index (κ2) is 9.55. The first kappa shape index (κ1) is 22.5. The molecule has 0 spiro atoms. The Balaban J connectivity index is 1.29. The summed E-state index contributed by atoms with van der Waals surface area (Å²) < 4.78 is 12.6. The van der Waals surface area contributed by atoms with E-state index in [4.69, 9.17) is 9.47 Å². The van der Waals surface area contributed by atoms with Gasteiger partial charge in [-0.1, -0.05) is 6.07 Å². The molecule has 0 aromatic heterocycles. The van der Waals surface area contributed by atoms with Crippen LogP contribution in [0.4, 0.5) is 5.69 Å². The van der Waals surface area contributed by atoms with Gasteiger partial charge in [0.05, 0.1) is 23.8 Å². The minimum Gasteiger partial charge on any atom is -0.457 e. The summed E-state index contributed by atoms with van der Waals surface area (Å²) in [6.45, 7) is 0.931. The van der Waals surface area contributed by atoms with Gasteiger partial charge in [-0.2, -0.15) is 0 Å². The maximum atomic E-state index is 12.9. The van der Waals surface area contributed by atoms with E-state index in [1.54, 1.807) is 54.6 Å². The molecule has 1 fully saturated rings. The minimum atomic E-state index is -0.334. The van der Waals surface area contributed by atoms with Crippen LogP contribution >= 0.6 is 22.6 Å². The second-order valence-electron chi connectivity index (χ2n) is 8.15. The van der Waals surface area contributed by atoms with Crippen molar-refractivity contribution in [3.8, 4) is 11.5 Å². The zero-order chi connectivity index (χ0) is 23.7. The van der Waals surface area contributed by atoms with E-state index in [1.807, 2.05) is 12.1 Å². The van der Waals surface area contributed by atoms with Crippen LogP contribution < -0.4 is 10.1 Å². The van der Waals surface area contributed by atoms with Gasteiger partial charge in [0.15, 0.2) is 0 Å². The van der Waals surface area contributed by atoms with Crippen LogP contribution in [0.1, 0.15) is 43.9 Å². The topological polar surface area (TPSA) is 84.9 Å². The van der Waals surface area contributed by atoms with E-state index in [9.17, 15) is 14.4 Å². The molecule has 8 heteroatoms. The number of fused-ring (bicyclic) bond motifs is 1. The molecule has 5 rings (SSSR count).